The zero-order chi connectivity index (χ0) is 15.5. The van der Waals surface area contributed by atoms with Gasteiger partial charge in [0.25, 0.3) is 0 Å². The van der Waals surface area contributed by atoms with Gasteiger partial charge in [0.15, 0.2) is 0 Å². The lowest BCUT2D eigenvalue weighted by Gasteiger charge is -2.41. The first-order chi connectivity index (χ1) is 9.99. The summed E-state index contributed by atoms with van der Waals surface area (Å²) >= 11 is 0. The summed E-state index contributed by atoms with van der Waals surface area (Å²) in [5.41, 5.74) is 0.126. The van der Waals surface area contributed by atoms with Crippen molar-refractivity contribution in [1.29, 1.82) is 0 Å². The van der Waals surface area contributed by atoms with Crippen LogP contribution < -0.4 is 5.32 Å². The van der Waals surface area contributed by atoms with Gasteiger partial charge in [-0.15, -0.1) is 0 Å². The SMILES string of the molecule is CCC(C)C(O)CNC(=O)C1(c2cccc(F)c2)CCC1. The molecular formula is C17H24FNO2. The highest BCUT2D eigenvalue weighted by Crippen LogP contribution is 2.44. The van der Waals surface area contributed by atoms with Crippen molar-refractivity contribution < 1.29 is 14.3 Å². The summed E-state index contributed by atoms with van der Waals surface area (Å²) in [4.78, 5) is 12.5. The number of halogens is 1. The Hall–Kier alpha value is -1.42. The van der Waals surface area contributed by atoms with Crippen molar-refractivity contribution in [2.45, 2.75) is 51.0 Å². The standard InChI is InChI=1S/C17H24FNO2/c1-3-12(2)15(20)11-19-16(21)17(8-5-9-17)13-6-4-7-14(18)10-13/h4,6-7,10,12,15,20H,3,5,8-9,11H2,1-2H3,(H,19,21). The van der Waals surface area contributed by atoms with E-state index in [1.54, 1.807) is 6.07 Å². The van der Waals surface area contributed by atoms with E-state index in [0.29, 0.717) is 0 Å². The van der Waals surface area contributed by atoms with Crippen LogP contribution in [0.5, 0.6) is 0 Å². The number of hydrogen-bond donors (Lipinski definition) is 2. The molecule has 2 atom stereocenters. The predicted octanol–water partition coefficient (Wildman–Crippen LogP) is 2.77. The van der Waals surface area contributed by atoms with E-state index in [4.69, 9.17) is 0 Å². The van der Waals surface area contributed by atoms with Crippen molar-refractivity contribution >= 4 is 5.91 Å². The molecule has 3 nitrogen and oxygen atoms in total. The van der Waals surface area contributed by atoms with Crippen LogP contribution in [0.4, 0.5) is 4.39 Å². The summed E-state index contributed by atoms with van der Waals surface area (Å²) in [5.74, 6) is -0.260. The van der Waals surface area contributed by atoms with E-state index in [1.165, 1.54) is 12.1 Å². The van der Waals surface area contributed by atoms with Crippen LogP contribution in [0.2, 0.25) is 0 Å². The molecule has 1 aliphatic carbocycles. The maximum absolute atomic E-state index is 13.4. The van der Waals surface area contributed by atoms with Crippen LogP contribution in [0, 0.1) is 11.7 Å². The zero-order valence-electron chi connectivity index (χ0n) is 12.7. The van der Waals surface area contributed by atoms with Gasteiger partial charge in [0.05, 0.1) is 11.5 Å². The van der Waals surface area contributed by atoms with Crippen molar-refractivity contribution in [3.63, 3.8) is 0 Å². The first-order valence-corrected chi connectivity index (χ1v) is 7.72. The number of hydrogen-bond acceptors (Lipinski definition) is 2. The van der Waals surface area contributed by atoms with Crippen LogP contribution in [-0.2, 0) is 10.2 Å². The number of benzene rings is 1. The third kappa shape index (κ3) is 3.26. The summed E-state index contributed by atoms with van der Waals surface area (Å²) in [6, 6.07) is 6.29. The third-order valence-corrected chi connectivity index (χ3v) is 4.79. The Morgan fingerprint density at radius 1 is 1.48 bits per heavy atom. The van der Waals surface area contributed by atoms with Crippen LogP contribution in [0.1, 0.15) is 45.1 Å². The first kappa shape index (κ1) is 16.0. The van der Waals surface area contributed by atoms with Gasteiger partial charge < -0.3 is 10.4 Å². The molecule has 1 fully saturated rings. The van der Waals surface area contributed by atoms with Crippen molar-refractivity contribution in [3.8, 4) is 0 Å². The van der Waals surface area contributed by atoms with Gasteiger partial charge >= 0.3 is 0 Å². The summed E-state index contributed by atoms with van der Waals surface area (Å²) in [7, 11) is 0. The fourth-order valence-corrected chi connectivity index (χ4v) is 2.80. The van der Waals surface area contributed by atoms with E-state index in [2.05, 4.69) is 5.32 Å². The Kier molecular flexibility index (Phi) is 4.99. The molecule has 0 aromatic heterocycles. The molecule has 1 aromatic rings. The third-order valence-electron chi connectivity index (χ3n) is 4.79. The molecule has 0 heterocycles. The number of amides is 1. The van der Waals surface area contributed by atoms with Gasteiger partial charge in [-0.05, 0) is 36.5 Å². The van der Waals surface area contributed by atoms with Crippen molar-refractivity contribution in [2.75, 3.05) is 6.54 Å². The van der Waals surface area contributed by atoms with E-state index >= 15 is 0 Å². The lowest BCUT2D eigenvalue weighted by Crippen LogP contribution is -2.51. The minimum atomic E-state index is -0.614. The second-order valence-corrected chi connectivity index (χ2v) is 6.11. The zero-order valence-corrected chi connectivity index (χ0v) is 12.7. The molecule has 0 aliphatic heterocycles. The summed E-state index contributed by atoms with van der Waals surface area (Å²) < 4.78 is 13.4. The van der Waals surface area contributed by atoms with Crippen molar-refractivity contribution in [3.05, 3.63) is 35.6 Å². The Morgan fingerprint density at radius 3 is 2.71 bits per heavy atom. The maximum atomic E-state index is 13.4. The lowest BCUT2D eigenvalue weighted by molar-refractivity contribution is -0.130. The fraction of sp³-hybridized carbons (Fsp3) is 0.588. The monoisotopic (exact) mass is 293 g/mol. The molecule has 21 heavy (non-hydrogen) atoms. The van der Waals surface area contributed by atoms with Gasteiger partial charge in [-0.1, -0.05) is 38.8 Å². The van der Waals surface area contributed by atoms with E-state index in [9.17, 15) is 14.3 Å². The normalized spacial score (nSPS) is 19.4. The molecule has 1 saturated carbocycles. The average Bonchev–Trinajstić information content (AvgIpc) is 2.42. The number of aliphatic hydroxyl groups excluding tert-OH is 1. The van der Waals surface area contributed by atoms with Crippen LogP contribution in [-0.4, -0.2) is 23.7 Å². The first-order valence-electron chi connectivity index (χ1n) is 7.72. The highest BCUT2D eigenvalue weighted by atomic mass is 19.1. The van der Waals surface area contributed by atoms with Crippen LogP contribution in [0.25, 0.3) is 0 Å². The Labute approximate surface area is 125 Å². The van der Waals surface area contributed by atoms with Crippen LogP contribution >= 0.6 is 0 Å². The number of aliphatic hydroxyl groups is 1. The number of carbonyl (C=O) groups is 1. The molecule has 0 saturated heterocycles. The second kappa shape index (κ2) is 6.56. The molecule has 4 heteroatoms. The fourth-order valence-electron chi connectivity index (χ4n) is 2.80. The van der Waals surface area contributed by atoms with Gasteiger partial charge in [0, 0.05) is 6.54 Å². The molecule has 1 aromatic carbocycles. The van der Waals surface area contributed by atoms with E-state index in [-0.39, 0.29) is 24.2 Å². The van der Waals surface area contributed by atoms with Gasteiger partial charge in [0.2, 0.25) is 5.91 Å². The Balaban J connectivity index is 2.05. The molecule has 0 bridgehead atoms. The number of carbonyl (C=O) groups excluding carboxylic acids is 1. The topological polar surface area (TPSA) is 49.3 Å². The Morgan fingerprint density at radius 2 is 2.19 bits per heavy atom. The molecule has 116 valence electrons. The van der Waals surface area contributed by atoms with Crippen LogP contribution in [0.3, 0.4) is 0 Å². The van der Waals surface area contributed by atoms with Crippen LogP contribution in [0.15, 0.2) is 24.3 Å². The number of rotatable bonds is 6. The quantitative estimate of drug-likeness (QED) is 0.847. The molecule has 1 amide bonds. The summed E-state index contributed by atoms with van der Waals surface area (Å²) in [5, 5.41) is 12.8. The highest BCUT2D eigenvalue weighted by Gasteiger charge is 2.45. The molecule has 1 aliphatic rings. The van der Waals surface area contributed by atoms with Crippen molar-refractivity contribution in [1.82, 2.24) is 5.32 Å². The van der Waals surface area contributed by atoms with Gasteiger partial charge in [0.1, 0.15) is 5.82 Å². The Bertz CT molecular complexity index is 499. The maximum Gasteiger partial charge on any atom is 0.230 e. The average molecular weight is 293 g/mol. The second-order valence-electron chi connectivity index (χ2n) is 6.11. The summed E-state index contributed by atoms with van der Waals surface area (Å²) in [6.07, 6.45) is 2.77. The van der Waals surface area contributed by atoms with E-state index in [0.717, 1.165) is 31.2 Å². The smallest absolute Gasteiger partial charge is 0.230 e. The van der Waals surface area contributed by atoms with Gasteiger partial charge in [-0.25, -0.2) is 4.39 Å². The molecular weight excluding hydrogens is 269 g/mol. The minimum absolute atomic E-state index is 0.0956. The highest BCUT2D eigenvalue weighted by molar-refractivity contribution is 5.89. The molecule has 0 spiro atoms. The predicted molar refractivity (Wildman–Crippen MR) is 80.4 cm³/mol. The van der Waals surface area contributed by atoms with E-state index < -0.39 is 11.5 Å². The van der Waals surface area contributed by atoms with Gasteiger partial charge in [-0.3, -0.25) is 4.79 Å². The molecule has 0 radical (unpaired) electrons. The molecule has 2 rings (SSSR count). The summed E-state index contributed by atoms with van der Waals surface area (Å²) in [6.45, 7) is 4.23. The molecule has 2 N–H and O–H groups in total. The number of nitrogens with one attached hydrogen (secondary N) is 1. The molecule has 2 unspecified atom stereocenters. The lowest BCUT2D eigenvalue weighted by atomic mass is 9.63. The van der Waals surface area contributed by atoms with E-state index in [1.807, 2.05) is 19.9 Å². The largest absolute Gasteiger partial charge is 0.391 e. The van der Waals surface area contributed by atoms with Crippen molar-refractivity contribution in [2.24, 2.45) is 5.92 Å². The van der Waals surface area contributed by atoms with Gasteiger partial charge in [-0.2, -0.15) is 0 Å². The minimum Gasteiger partial charge on any atom is -0.391 e.